The molecule has 1 aromatic rings. The average molecular weight is 271 g/mol. The number of cyclic esters (lactones) is 1. The Kier molecular flexibility index (Phi) is 3.20. The molecule has 0 N–H and O–H groups in total. The van der Waals surface area contributed by atoms with Crippen LogP contribution in [0.15, 0.2) is 22.8 Å². The number of rotatable bonds is 2. The Bertz CT molecular complexity index is 353. The first kappa shape index (κ1) is 10.4. The molecule has 0 aromatic carbocycles. The minimum atomic E-state index is -0.244. The zero-order valence-corrected chi connectivity index (χ0v) is 9.74. The SMILES string of the molecule is O=C1OCCCN1Cc1ccc(Br)cn1. The Labute approximate surface area is 96.4 Å². The number of amides is 1. The van der Waals surface area contributed by atoms with Crippen molar-refractivity contribution in [3.8, 4) is 0 Å². The smallest absolute Gasteiger partial charge is 0.410 e. The first-order chi connectivity index (χ1) is 7.25. The molecule has 0 bridgehead atoms. The minimum absolute atomic E-state index is 0.244. The van der Waals surface area contributed by atoms with Crippen LogP contribution in [0.4, 0.5) is 4.79 Å². The molecule has 1 amide bonds. The van der Waals surface area contributed by atoms with Crippen LogP contribution >= 0.6 is 15.9 Å². The highest BCUT2D eigenvalue weighted by atomic mass is 79.9. The third-order valence-electron chi connectivity index (χ3n) is 2.20. The largest absolute Gasteiger partial charge is 0.449 e. The molecule has 1 aliphatic heterocycles. The maximum Gasteiger partial charge on any atom is 0.410 e. The lowest BCUT2D eigenvalue weighted by molar-refractivity contribution is 0.0695. The van der Waals surface area contributed by atoms with E-state index in [1.807, 2.05) is 12.1 Å². The molecule has 2 heterocycles. The second-order valence-corrected chi connectivity index (χ2v) is 4.27. The fourth-order valence-electron chi connectivity index (χ4n) is 1.44. The monoisotopic (exact) mass is 270 g/mol. The molecule has 4 nitrogen and oxygen atoms in total. The number of hydrogen-bond acceptors (Lipinski definition) is 3. The molecule has 2 rings (SSSR count). The van der Waals surface area contributed by atoms with Gasteiger partial charge in [-0.1, -0.05) is 0 Å². The highest BCUT2D eigenvalue weighted by Gasteiger charge is 2.19. The fraction of sp³-hybridized carbons (Fsp3) is 0.400. The summed E-state index contributed by atoms with van der Waals surface area (Å²) >= 11 is 3.31. The molecule has 80 valence electrons. The van der Waals surface area contributed by atoms with Crippen LogP contribution in [0.3, 0.4) is 0 Å². The summed E-state index contributed by atoms with van der Waals surface area (Å²) in [7, 11) is 0. The van der Waals surface area contributed by atoms with E-state index in [1.54, 1.807) is 11.1 Å². The van der Waals surface area contributed by atoms with E-state index in [2.05, 4.69) is 20.9 Å². The van der Waals surface area contributed by atoms with Crippen LogP contribution in [0.1, 0.15) is 12.1 Å². The molecule has 1 aliphatic rings. The normalized spacial score (nSPS) is 16.3. The number of halogens is 1. The number of hydrogen-bond donors (Lipinski definition) is 0. The van der Waals surface area contributed by atoms with Crippen molar-refractivity contribution in [3.63, 3.8) is 0 Å². The van der Waals surface area contributed by atoms with E-state index in [0.717, 1.165) is 23.1 Å². The van der Waals surface area contributed by atoms with Crippen LogP contribution in [-0.4, -0.2) is 29.1 Å². The van der Waals surface area contributed by atoms with E-state index in [9.17, 15) is 4.79 Å². The fourth-order valence-corrected chi connectivity index (χ4v) is 1.67. The molecular formula is C10H11BrN2O2. The van der Waals surface area contributed by atoms with E-state index < -0.39 is 0 Å². The number of carbonyl (C=O) groups is 1. The van der Waals surface area contributed by atoms with E-state index >= 15 is 0 Å². The second-order valence-electron chi connectivity index (χ2n) is 3.36. The molecule has 1 saturated heterocycles. The van der Waals surface area contributed by atoms with Gasteiger partial charge in [-0.25, -0.2) is 4.79 Å². The van der Waals surface area contributed by atoms with Crippen molar-refractivity contribution in [2.24, 2.45) is 0 Å². The predicted octanol–water partition coefficient (Wildman–Crippen LogP) is 2.19. The third-order valence-corrected chi connectivity index (χ3v) is 2.67. The number of pyridine rings is 1. The van der Waals surface area contributed by atoms with Crippen molar-refractivity contribution < 1.29 is 9.53 Å². The first-order valence-electron chi connectivity index (χ1n) is 4.78. The van der Waals surface area contributed by atoms with E-state index in [4.69, 9.17) is 4.74 Å². The molecule has 1 fully saturated rings. The number of ether oxygens (including phenoxy) is 1. The van der Waals surface area contributed by atoms with Gasteiger partial charge < -0.3 is 9.64 Å². The van der Waals surface area contributed by atoms with Crippen LogP contribution in [0, 0.1) is 0 Å². The van der Waals surface area contributed by atoms with Gasteiger partial charge in [-0.2, -0.15) is 0 Å². The summed E-state index contributed by atoms with van der Waals surface area (Å²) in [4.78, 5) is 17.2. The van der Waals surface area contributed by atoms with Crippen LogP contribution in [0.5, 0.6) is 0 Å². The lowest BCUT2D eigenvalue weighted by Crippen LogP contribution is -2.37. The number of carbonyl (C=O) groups excluding carboxylic acids is 1. The highest BCUT2D eigenvalue weighted by Crippen LogP contribution is 2.12. The molecule has 15 heavy (non-hydrogen) atoms. The number of aromatic nitrogens is 1. The van der Waals surface area contributed by atoms with Crippen LogP contribution in [0.25, 0.3) is 0 Å². The van der Waals surface area contributed by atoms with Crippen molar-refractivity contribution in [2.45, 2.75) is 13.0 Å². The zero-order valence-electron chi connectivity index (χ0n) is 8.15. The van der Waals surface area contributed by atoms with Crippen molar-refractivity contribution in [2.75, 3.05) is 13.2 Å². The predicted molar refractivity (Wildman–Crippen MR) is 58.3 cm³/mol. The van der Waals surface area contributed by atoms with Crippen molar-refractivity contribution in [3.05, 3.63) is 28.5 Å². The van der Waals surface area contributed by atoms with Crippen LogP contribution in [-0.2, 0) is 11.3 Å². The molecule has 1 aromatic heterocycles. The molecule has 5 heteroatoms. The van der Waals surface area contributed by atoms with Gasteiger partial charge in [-0.15, -0.1) is 0 Å². The number of nitrogens with zero attached hydrogens (tertiary/aromatic N) is 2. The van der Waals surface area contributed by atoms with Crippen molar-refractivity contribution in [1.29, 1.82) is 0 Å². The Balaban J connectivity index is 2.01. The summed E-state index contributed by atoms with van der Waals surface area (Å²) in [5.74, 6) is 0. The first-order valence-corrected chi connectivity index (χ1v) is 5.57. The zero-order chi connectivity index (χ0) is 10.7. The van der Waals surface area contributed by atoms with Gasteiger partial charge in [0.2, 0.25) is 0 Å². The Morgan fingerprint density at radius 1 is 1.53 bits per heavy atom. The standard InChI is InChI=1S/C10H11BrN2O2/c11-8-2-3-9(12-6-8)7-13-4-1-5-15-10(13)14/h2-3,6H,1,4-5,7H2. The lowest BCUT2D eigenvalue weighted by Gasteiger charge is -2.25. The maximum absolute atomic E-state index is 11.3. The van der Waals surface area contributed by atoms with Gasteiger partial charge >= 0.3 is 6.09 Å². The molecular weight excluding hydrogens is 260 g/mol. The Hall–Kier alpha value is -1.10. The van der Waals surface area contributed by atoms with Gasteiger partial charge in [-0.05, 0) is 34.5 Å². The third kappa shape index (κ3) is 2.68. The molecule has 0 unspecified atom stereocenters. The van der Waals surface area contributed by atoms with E-state index in [-0.39, 0.29) is 6.09 Å². The van der Waals surface area contributed by atoms with Gasteiger partial charge in [-0.3, -0.25) is 4.98 Å². The topological polar surface area (TPSA) is 42.4 Å². The molecule has 0 aliphatic carbocycles. The maximum atomic E-state index is 11.3. The van der Waals surface area contributed by atoms with E-state index in [0.29, 0.717) is 13.2 Å². The summed E-state index contributed by atoms with van der Waals surface area (Å²) in [6.07, 6.45) is 2.37. The van der Waals surface area contributed by atoms with E-state index in [1.165, 1.54) is 0 Å². The van der Waals surface area contributed by atoms with Gasteiger partial charge in [0.1, 0.15) is 0 Å². The Morgan fingerprint density at radius 2 is 2.40 bits per heavy atom. The minimum Gasteiger partial charge on any atom is -0.449 e. The summed E-state index contributed by atoms with van der Waals surface area (Å²) in [6.45, 7) is 1.80. The Morgan fingerprint density at radius 3 is 3.07 bits per heavy atom. The van der Waals surface area contributed by atoms with Crippen LogP contribution < -0.4 is 0 Å². The molecule has 0 atom stereocenters. The molecule has 0 saturated carbocycles. The molecule has 0 radical (unpaired) electrons. The van der Waals surface area contributed by atoms with Gasteiger partial charge in [0, 0.05) is 17.2 Å². The second kappa shape index (κ2) is 4.61. The van der Waals surface area contributed by atoms with Crippen LogP contribution in [0.2, 0.25) is 0 Å². The summed E-state index contributed by atoms with van der Waals surface area (Å²) < 4.78 is 5.87. The quantitative estimate of drug-likeness (QED) is 0.828. The van der Waals surface area contributed by atoms with Crippen molar-refractivity contribution >= 4 is 22.0 Å². The van der Waals surface area contributed by atoms with Gasteiger partial charge in [0.25, 0.3) is 0 Å². The summed E-state index contributed by atoms with van der Waals surface area (Å²) in [5.41, 5.74) is 0.872. The summed E-state index contributed by atoms with van der Waals surface area (Å²) in [6, 6.07) is 3.81. The average Bonchev–Trinajstić information content (AvgIpc) is 2.25. The molecule has 0 spiro atoms. The van der Waals surface area contributed by atoms with Gasteiger partial charge in [0.15, 0.2) is 0 Å². The highest BCUT2D eigenvalue weighted by molar-refractivity contribution is 9.10. The summed E-state index contributed by atoms with van der Waals surface area (Å²) in [5, 5.41) is 0. The lowest BCUT2D eigenvalue weighted by atomic mass is 10.3. The van der Waals surface area contributed by atoms with Gasteiger partial charge in [0.05, 0.1) is 18.8 Å². The van der Waals surface area contributed by atoms with Crippen molar-refractivity contribution in [1.82, 2.24) is 9.88 Å².